The van der Waals surface area contributed by atoms with E-state index in [0.29, 0.717) is 17.9 Å². The second kappa shape index (κ2) is 5.46. The van der Waals surface area contributed by atoms with Crippen LogP contribution in [0.25, 0.3) is 0 Å². The Labute approximate surface area is 121 Å². The van der Waals surface area contributed by atoms with E-state index in [2.05, 4.69) is 5.32 Å². The maximum atomic E-state index is 12.5. The zero-order valence-corrected chi connectivity index (χ0v) is 11.9. The Morgan fingerprint density at radius 1 is 1.50 bits per heavy atom. The van der Waals surface area contributed by atoms with Crippen LogP contribution in [0.3, 0.4) is 0 Å². The van der Waals surface area contributed by atoms with Crippen LogP contribution < -0.4 is 11.1 Å². The van der Waals surface area contributed by atoms with Crippen molar-refractivity contribution < 1.29 is 9.59 Å². The van der Waals surface area contributed by atoms with Crippen molar-refractivity contribution in [2.24, 2.45) is 5.73 Å². The van der Waals surface area contributed by atoms with Gasteiger partial charge in [-0.15, -0.1) is 11.8 Å². The summed E-state index contributed by atoms with van der Waals surface area (Å²) in [6.07, 6.45) is 1.98. The lowest BCUT2D eigenvalue weighted by Gasteiger charge is -2.24. The van der Waals surface area contributed by atoms with Gasteiger partial charge in [0.25, 0.3) is 5.91 Å². The van der Waals surface area contributed by atoms with Gasteiger partial charge < -0.3 is 16.0 Å². The van der Waals surface area contributed by atoms with Crippen LogP contribution in [0, 0.1) is 0 Å². The lowest BCUT2D eigenvalue weighted by Crippen LogP contribution is -2.39. The molecule has 3 N–H and O–H groups in total. The number of anilines is 1. The summed E-state index contributed by atoms with van der Waals surface area (Å²) in [6.45, 7) is 1.27. The first-order chi connectivity index (χ1) is 9.69. The molecule has 2 amide bonds. The Bertz CT molecular complexity index is 561. The van der Waals surface area contributed by atoms with E-state index in [1.165, 1.54) is 11.8 Å². The molecule has 0 saturated carbocycles. The number of fused-ring (bicyclic) bond motifs is 1. The summed E-state index contributed by atoms with van der Waals surface area (Å²) in [5.74, 6) is 0.417. The van der Waals surface area contributed by atoms with Crippen LogP contribution in [0.15, 0.2) is 23.1 Å². The second-order valence-electron chi connectivity index (χ2n) is 5.08. The van der Waals surface area contributed by atoms with E-state index in [4.69, 9.17) is 5.73 Å². The number of amides is 2. The Kier molecular flexibility index (Phi) is 3.67. The fraction of sp³-hybridized carbons (Fsp3) is 0.429. The molecule has 1 unspecified atom stereocenters. The van der Waals surface area contributed by atoms with E-state index in [1.807, 2.05) is 17.0 Å². The lowest BCUT2D eigenvalue weighted by atomic mass is 10.1. The summed E-state index contributed by atoms with van der Waals surface area (Å²) in [5.41, 5.74) is 7.07. The number of benzene rings is 1. The van der Waals surface area contributed by atoms with E-state index in [0.717, 1.165) is 30.0 Å². The molecular formula is C14H17N3O2S. The minimum absolute atomic E-state index is 0.00516. The molecule has 0 spiro atoms. The summed E-state index contributed by atoms with van der Waals surface area (Å²) in [4.78, 5) is 26.8. The molecule has 1 saturated heterocycles. The average Bonchev–Trinajstić information content (AvgIpc) is 2.94. The molecule has 20 heavy (non-hydrogen) atoms. The quantitative estimate of drug-likeness (QED) is 0.861. The zero-order valence-electron chi connectivity index (χ0n) is 11.1. The molecule has 1 fully saturated rings. The smallest absolute Gasteiger partial charge is 0.254 e. The molecule has 5 nitrogen and oxygen atoms in total. The van der Waals surface area contributed by atoms with Gasteiger partial charge >= 0.3 is 0 Å². The topological polar surface area (TPSA) is 75.4 Å². The monoisotopic (exact) mass is 291 g/mol. The number of nitrogens with one attached hydrogen (secondary N) is 1. The number of likely N-dealkylation sites (tertiary alicyclic amines) is 1. The van der Waals surface area contributed by atoms with Gasteiger partial charge in [0.05, 0.1) is 11.4 Å². The van der Waals surface area contributed by atoms with E-state index in [9.17, 15) is 9.59 Å². The highest BCUT2D eigenvalue weighted by molar-refractivity contribution is 8.00. The Morgan fingerprint density at radius 2 is 2.35 bits per heavy atom. The highest BCUT2D eigenvalue weighted by atomic mass is 32.2. The van der Waals surface area contributed by atoms with Gasteiger partial charge in [-0.25, -0.2) is 0 Å². The molecule has 0 bridgehead atoms. The second-order valence-corrected chi connectivity index (χ2v) is 6.10. The van der Waals surface area contributed by atoms with Gasteiger partial charge in [0.2, 0.25) is 5.91 Å². The number of carbonyl (C=O) groups excluding carboxylic acids is 2. The van der Waals surface area contributed by atoms with Gasteiger partial charge in [0.1, 0.15) is 0 Å². The molecule has 0 radical (unpaired) electrons. The van der Waals surface area contributed by atoms with Crippen LogP contribution in [-0.2, 0) is 4.79 Å². The van der Waals surface area contributed by atoms with Gasteiger partial charge in [-0.05, 0) is 31.0 Å². The first-order valence-corrected chi connectivity index (χ1v) is 7.75. The van der Waals surface area contributed by atoms with Crippen LogP contribution in [0.2, 0.25) is 0 Å². The number of rotatable bonds is 2. The predicted molar refractivity (Wildman–Crippen MR) is 78.9 cm³/mol. The van der Waals surface area contributed by atoms with Crippen molar-refractivity contribution in [1.82, 2.24) is 4.90 Å². The fourth-order valence-corrected chi connectivity index (χ4v) is 3.52. The highest BCUT2D eigenvalue weighted by Gasteiger charge is 2.29. The van der Waals surface area contributed by atoms with Crippen molar-refractivity contribution in [2.45, 2.75) is 23.8 Å². The molecule has 0 aromatic heterocycles. The largest absolute Gasteiger partial charge is 0.334 e. The number of nitrogens with two attached hydrogens (primary N) is 1. The van der Waals surface area contributed by atoms with Crippen LogP contribution in [0.1, 0.15) is 23.2 Å². The van der Waals surface area contributed by atoms with Crippen molar-refractivity contribution in [3.63, 3.8) is 0 Å². The first-order valence-electron chi connectivity index (χ1n) is 6.77. The normalized spacial score (nSPS) is 21.6. The van der Waals surface area contributed by atoms with Crippen LogP contribution in [0.5, 0.6) is 0 Å². The maximum Gasteiger partial charge on any atom is 0.254 e. The van der Waals surface area contributed by atoms with Crippen LogP contribution >= 0.6 is 11.8 Å². The first kappa shape index (κ1) is 13.5. The van der Waals surface area contributed by atoms with E-state index >= 15 is 0 Å². The van der Waals surface area contributed by atoms with Crippen molar-refractivity contribution in [3.05, 3.63) is 23.8 Å². The molecule has 0 aliphatic carbocycles. The van der Waals surface area contributed by atoms with Crippen molar-refractivity contribution in [1.29, 1.82) is 0 Å². The minimum Gasteiger partial charge on any atom is -0.334 e. The standard InChI is InChI=1S/C14H17N3O2S/c15-7-10-2-1-5-17(10)14(19)9-3-4-12-11(6-9)16-13(18)8-20-12/h3-4,6,10H,1-2,5,7-8,15H2,(H,16,18). The van der Waals surface area contributed by atoms with E-state index in [-0.39, 0.29) is 17.9 Å². The molecule has 2 heterocycles. The lowest BCUT2D eigenvalue weighted by molar-refractivity contribution is -0.113. The molecule has 1 aromatic carbocycles. The molecule has 2 aliphatic rings. The number of hydrogen-bond donors (Lipinski definition) is 2. The van der Waals surface area contributed by atoms with Gasteiger partial charge in [-0.3, -0.25) is 9.59 Å². The maximum absolute atomic E-state index is 12.5. The zero-order chi connectivity index (χ0) is 14.1. The molecule has 1 atom stereocenters. The number of thioether (sulfide) groups is 1. The molecule has 6 heteroatoms. The van der Waals surface area contributed by atoms with Crippen molar-refractivity contribution >= 4 is 29.3 Å². The minimum atomic E-state index is -0.0203. The SMILES string of the molecule is NCC1CCCN1C(=O)c1ccc2c(c1)NC(=O)CS2. The highest BCUT2D eigenvalue weighted by Crippen LogP contribution is 2.32. The summed E-state index contributed by atoms with van der Waals surface area (Å²) >= 11 is 1.50. The summed E-state index contributed by atoms with van der Waals surface area (Å²) in [5, 5.41) is 2.82. The summed E-state index contributed by atoms with van der Waals surface area (Å²) in [6, 6.07) is 5.65. The molecule has 2 aliphatic heterocycles. The number of hydrogen-bond acceptors (Lipinski definition) is 4. The Morgan fingerprint density at radius 3 is 3.15 bits per heavy atom. The Balaban J connectivity index is 1.85. The van der Waals surface area contributed by atoms with Gasteiger partial charge in [-0.1, -0.05) is 0 Å². The number of carbonyl (C=O) groups is 2. The number of nitrogens with zero attached hydrogens (tertiary/aromatic N) is 1. The third kappa shape index (κ3) is 2.41. The fourth-order valence-electron chi connectivity index (χ4n) is 2.73. The van der Waals surface area contributed by atoms with E-state index < -0.39 is 0 Å². The van der Waals surface area contributed by atoms with E-state index in [1.54, 1.807) is 6.07 Å². The van der Waals surface area contributed by atoms with Crippen LogP contribution in [-0.4, -0.2) is 41.6 Å². The Hall–Kier alpha value is -1.53. The molecule has 3 rings (SSSR count). The molecular weight excluding hydrogens is 274 g/mol. The summed E-state index contributed by atoms with van der Waals surface area (Å²) < 4.78 is 0. The molecule has 1 aromatic rings. The third-order valence-electron chi connectivity index (χ3n) is 3.77. The van der Waals surface area contributed by atoms with Gasteiger partial charge in [0.15, 0.2) is 0 Å². The van der Waals surface area contributed by atoms with Gasteiger partial charge in [0, 0.05) is 29.6 Å². The van der Waals surface area contributed by atoms with Crippen molar-refractivity contribution in [3.8, 4) is 0 Å². The summed E-state index contributed by atoms with van der Waals surface area (Å²) in [7, 11) is 0. The van der Waals surface area contributed by atoms with Crippen molar-refractivity contribution in [2.75, 3.05) is 24.2 Å². The average molecular weight is 291 g/mol. The third-order valence-corrected chi connectivity index (χ3v) is 4.84. The van der Waals surface area contributed by atoms with Gasteiger partial charge in [-0.2, -0.15) is 0 Å². The van der Waals surface area contributed by atoms with Crippen LogP contribution in [0.4, 0.5) is 5.69 Å². The predicted octanol–water partition coefficient (Wildman–Crippen LogP) is 1.29. The molecule has 106 valence electrons.